The van der Waals surface area contributed by atoms with E-state index in [9.17, 15) is 0 Å². The second-order valence-corrected chi connectivity index (χ2v) is 5.94. The van der Waals surface area contributed by atoms with E-state index in [1.54, 1.807) is 14.2 Å². The van der Waals surface area contributed by atoms with Gasteiger partial charge in [0.25, 0.3) is 0 Å². The monoisotopic (exact) mass is 293 g/mol. The molecule has 120 valence electrons. The molecule has 1 atom stereocenters. The number of rotatable bonds is 10. The SMILES string of the molecule is CCCNC(CCCC(C)C)c1cc(OC)ccc1OC. The summed E-state index contributed by atoms with van der Waals surface area (Å²) in [4.78, 5) is 0. The number of benzene rings is 1. The van der Waals surface area contributed by atoms with E-state index in [4.69, 9.17) is 9.47 Å². The van der Waals surface area contributed by atoms with Gasteiger partial charge < -0.3 is 14.8 Å². The lowest BCUT2D eigenvalue weighted by atomic mass is 9.97. The third kappa shape index (κ3) is 5.96. The Morgan fingerprint density at radius 1 is 1.10 bits per heavy atom. The summed E-state index contributed by atoms with van der Waals surface area (Å²) >= 11 is 0. The minimum Gasteiger partial charge on any atom is -0.497 e. The predicted octanol–water partition coefficient (Wildman–Crippen LogP) is 4.57. The van der Waals surface area contributed by atoms with Crippen LogP contribution >= 0.6 is 0 Å². The molecule has 0 heterocycles. The van der Waals surface area contributed by atoms with Gasteiger partial charge >= 0.3 is 0 Å². The maximum atomic E-state index is 5.54. The van der Waals surface area contributed by atoms with Crippen molar-refractivity contribution in [3.05, 3.63) is 23.8 Å². The molecule has 1 aromatic rings. The van der Waals surface area contributed by atoms with Crippen LogP contribution < -0.4 is 14.8 Å². The van der Waals surface area contributed by atoms with Crippen molar-refractivity contribution in [1.82, 2.24) is 5.32 Å². The van der Waals surface area contributed by atoms with Crippen molar-refractivity contribution < 1.29 is 9.47 Å². The van der Waals surface area contributed by atoms with Gasteiger partial charge in [0.05, 0.1) is 14.2 Å². The molecule has 0 spiro atoms. The molecule has 0 aromatic heterocycles. The summed E-state index contributed by atoms with van der Waals surface area (Å²) in [6, 6.07) is 6.38. The fourth-order valence-corrected chi connectivity index (χ4v) is 2.53. The van der Waals surface area contributed by atoms with Crippen LogP contribution in [0.1, 0.15) is 58.1 Å². The number of methoxy groups -OCH3 is 2. The van der Waals surface area contributed by atoms with Gasteiger partial charge in [-0.25, -0.2) is 0 Å². The van der Waals surface area contributed by atoms with Crippen LogP contribution in [0.4, 0.5) is 0 Å². The maximum Gasteiger partial charge on any atom is 0.123 e. The van der Waals surface area contributed by atoms with E-state index in [1.165, 1.54) is 18.4 Å². The molecule has 21 heavy (non-hydrogen) atoms. The second kappa shape index (κ2) is 9.67. The van der Waals surface area contributed by atoms with Crippen molar-refractivity contribution in [2.75, 3.05) is 20.8 Å². The molecule has 0 saturated heterocycles. The zero-order chi connectivity index (χ0) is 15.7. The first-order chi connectivity index (χ1) is 10.1. The Bertz CT molecular complexity index is 404. The lowest BCUT2D eigenvalue weighted by molar-refractivity contribution is 0.380. The lowest BCUT2D eigenvalue weighted by Crippen LogP contribution is -2.23. The van der Waals surface area contributed by atoms with Crippen LogP contribution in [0.5, 0.6) is 11.5 Å². The third-order valence-corrected chi connectivity index (χ3v) is 3.73. The Labute approximate surface area is 130 Å². The molecule has 3 heteroatoms. The minimum atomic E-state index is 0.328. The van der Waals surface area contributed by atoms with E-state index in [0.717, 1.165) is 36.8 Å². The normalized spacial score (nSPS) is 12.5. The first kappa shape index (κ1) is 17.8. The minimum absolute atomic E-state index is 0.328. The lowest BCUT2D eigenvalue weighted by Gasteiger charge is -2.22. The molecule has 1 aromatic carbocycles. The maximum absolute atomic E-state index is 5.54. The Kier molecular flexibility index (Phi) is 8.21. The van der Waals surface area contributed by atoms with Gasteiger partial charge in [0.2, 0.25) is 0 Å². The molecule has 0 saturated carbocycles. The van der Waals surface area contributed by atoms with Crippen LogP contribution in [0.15, 0.2) is 18.2 Å². The van der Waals surface area contributed by atoms with Gasteiger partial charge in [-0.1, -0.05) is 33.6 Å². The van der Waals surface area contributed by atoms with Gasteiger partial charge in [0, 0.05) is 11.6 Å². The van der Waals surface area contributed by atoms with Crippen LogP contribution in [0.2, 0.25) is 0 Å². The molecule has 0 amide bonds. The number of hydrogen-bond donors (Lipinski definition) is 1. The molecule has 0 aliphatic rings. The second-order valence-electron chi connectivity index (χ2n) is 5.94. The fraction of sp³-hybridized carbons (Fsp3) is 0.667. The summed E-state index contributed by atoms with van der Waals surface area (Å²) in [5.41, 5.74) is 1.20. The predicted molar refractivity (Wildman–Crippen MR) is 89.3 cm³/mol. The van der Waals surface area contributed by atoms with Gasteiger partial charge in [0.1, 0.15) is 11.5 Å². The highest BCUT2D eigenvalue weighted by atomic mass is 16.5. The van der Waals surface area contributed by atoms with E-state index in [1.807, 2.05) is 12.1 Å². The first-order valence-corrected chi connectivity index (χ1v) is 8.07. The van der Waals surface area contributed by atoms with Gasteiger partial charge in [0.15, 0.2) is 0 Å². The van der Waals surface area contributed by atoms with Crippen molar-refractivity contribution in [2.24, 2.45) is 5.92 Å². The number of ether oxygens (including phenoxy) is 2. The van der Waals surface area contributed by atoms with Crippen LogP contribution in [0.3, 0.4) is 0 Å². The van der Waals surface area contributed by atoms with Gasteiger partial charge in [-0.15, -0.1) is 0 Å². The first-order valence-electron chi connectivity index (χ1n) is 8.07. The van der Waals surface area contributed by atoms with Crippen LogP contribution in [-0.2, 0) is 0 Å². The van der Waals surface area contributed by atoms with Crippen molar-refractivity contribution in [3.8, 4) is 11.5 Å². The zero-order valence-electron chi connectivity index (χ0n) is 14.2. The molecule has 0 fully saturated rings. The van der Waals surface area contributed by atoms with Crippen molar-refractivity contribution in [1.29, 1.82) is 0 Å². The van der Waals surface area contributed by atoms with E-state index >= 15 is 0 Å². The number of nitrogens with one attached hydrogen (secondary N) is 1. The quantitative estimate of drug-likeness (QED) is 0.685. The summed E-state index contributed by atoms with van der Waals surface area (Å²) in [7, 11) is 3.44. The van der Waals surface area contributed by atoms with Crippen LogP contribution in [0, 0.1) is 5.92 Å². The van der Waals surface area contributed by atoms with Gasteiger partial charge in [-0.2, -0.15) is 0 Å². The Morgan fingerprint density at radius 2 is 1.86 bits per heavy atom. The van der Waals surface area contributed by atoms with Crippen LogP contribution in [0.25, 0.3) is 0 Å². The molecule has 3 nitrogen and oxygen atoms in total. The fourth-order valence-electron chi connectivity index (χ4n) is 2.53. The average Bonchev–Trinajstić information content (AvgIpc) is 2.49. The molecule has 1 unspecified atom stereocenters. The van der Waals surface area contributed by atoms with Crippen LogP contribution in [-0.4, -0.2) is 20.8 Å². The van der Waals surface area contributed by atoms with Crippen molar-refractivity contribution in [2.45, 2.75) is 52.5 Å². The van der Waals surface area contributed by atoms with Crippen molar-refractivity contribution in [3.63, 3.8) is 0 Å². The highest BCUT2D eigenvalue weighted by Gasteiger charge is 2.16. The molecule has 0 radical (unpaired) electrons. The molecule has 1 N–H and O–H groups in total. The van der Waals surface area contributed by atoms with E-state index in [-0.39, 0.29) is 0 Å². The molecule has 1 rings (SSSR count). The molecule has 0 aliphatic heterocycles. The molecule has 0 bridgehead atoms. The number of hydrogen-bond acceptors (Lipinski definition) is 3. The summed E-state index contributed by atoms with van der Waals surface area (Å²) in [5.74, 6) is 2.58. The summed E-state index contributed by atoms with van der Waals surface area (Å²) in [5, 5.41) is 3.65. The topological polar surface area (TPSA) is 30.5 Å². The smallest absolute Gasteiger partial charge is 0.123 e. The summed E-state index contributed by atoms with van der Waals surface area (Å²) < 4.78 is 10.9. The highest BCUT2D eigenvalue weighted by Crippen LogP contribution is 2.32. The standard InChI is InChI=1S/C18H31NO2/c1-6-12-19-17(9-7-8-14(2)3)16-13-15(20-4)10-11-18(16)21-5/h10-11,13-14,17,19H,6-9,12H2,1-5H3. The average molecular weight is 293 g/mol. The third-order valence-electron chi connectivity index (χ3n) is 3.73. The largest absolute Gasteiger partial charge is 0.497 e. The summed E-state index contributed by atoms with van der Waals surface area (Å²) in [6.45, 7) is 7.77. The Hall–Kier alpha value is -1.22. The van der Waals surface area contributed by atoms with Gasteiger partial charge in [-0.3, -0.25) is 0 Å². The molecule has 0 aliphatic carbocycles. The highest BCUT2D eigenvalue weighted by molar-refractivity contribution is 5.42. The Morgan fingerprint density at radius 3 is 2.43 bits per heavy atom. The van der Waals surface area contributed by atoms with E-state index < -0.39 is 0 Å². The summed E-state index contributed by atoms with van der Waals surface area (Å²) in [6.07, 6.45) is 4.74. The zero-order valence-corrected chi connectivity index (χ0v) is 14.2. The van der Waals surface area contributed by atoms with E-state index in [2.05, 4.69) is 32.2 Å². The molecular formula is C18H31NO2. The van der Waals surface area contributed by atoms with Crippen molar-refractivity contribution >= 4 is 0 Å². The Balaban J connectivity index is 2.88. The molecular weight excluding hydrogens is 262 g/mol. The van der Waals surface area contributed by atoms with Gasteiger partial charge in [-0.05, 0) is 43.5 Å². The van der Waals surface area contributed by atoms with E-state index in [0.29, 0.717) is 6.04 Å².